The van der Waals surface area contributed by atoms with Gasteiger partial charge in [-0.2, -0.15) is 0 Å². The van der Waals surface area contributed by atoms with Gasteiger partial charge in [0.2, 0.25) is 0 Å². The van der Waals surface area contributed by atoms with Gasteiger partial charge in [0.25, 0.3) is 0 Å². The molecule has 0 aliphatic rings. The molecular weight excluding hydrogens is 266 g/mol. The standard InChI is InChI=1S/C17H25NO3/c1-3-12-18(13-4-2)15-10-8-14(9-11-15)16(19)6-5-7-17(20)21/h8-11H,3-7,12-13H2,1-2H3,(H,20,21). The fraction of sp³-hybridized carbons (Fsp3) is 0.529. The second-order valence-corrected chi connectivity index (χ2v) is 5.20. The van der Waals surface area contributed by atoms with Crippen LogP contribution in [0, 0.1) is 0 Å². The van der Waals surface area contributed by atoms with E-state index in [9.17, 15) is 9.59 Å². The normalized spacial score (nSPS) is 10.4. The number of rotatable bonds is 10. The Morgan fingerprint density at radius 2 is 1.57 bits per heavy atom. The molecule has 0 bridgehead atoms. The minimum Gasteiger partial charge on any atom is -0.481 e. The van der Waals surface area contributed by atoms with Gasteiger partial charge >= 0.3 is 5.97 Å². The highest BCUT2D eigenvalue weighted by atomic mass is 16.4. The number of carbonyl (C=O) groups is 2. The molecule has 0 unspecified atom stereocenters. The van der Waals surface area contributed by atoms with E-state index in [1.807, 2.05) is 24.3 Å². The predicted octanol–water partition coefficient (Wildman–Crippen LogP) is 3.75. The first-order valence-electron chi connectivity index (χ1n) is 7.68. The molecule has 0 aromatic heterocycles. The maximum Gasteiger partial charge on any atom is 0.303 e. The minimum atomic E-state index is -0.854. The molecule has 1 N–H and O–H groups in total. The first-order chi connectivity index (χ1) is 10.1. The largest absolute Gasteiger partial charge is 0.481 e. The van der Waals surface area contributed by atoms with Crippen molar-refractivity contribution < 1.29 is 14.7 Å². The fourth-order valence-corrected chi connectivity index (χ4v) is 2.31. The number of carboxylic acid groups (broad SMARTS) is 1. The van der Waals surface area contributed by atoms with Crippen LogP contribution in [0.5, 0.6) is 0 Å². The molecule has 116 valence electrons. The van der Waals surface area contributed by atoms with Gasteiger partial charge in [-0.25, -0.2) is 0 Å². The molecular formula is C17H25NO3. The lowest BCUT2D eigenvalue weighted by Gasteiger charge is -2.23. The zero-order chi connectivity index (χ0) is 15.7. The van der Waals surface area contributed by atoms with E-state index in [1.165, 1.54) is 0 Å². The van der Waals surface area contributed by atoms with E-state index >= 15 is 0 Å². The summed E-state index contributed by atoms with van der Waals surface area (Å²) in [5.41, 5.74) is 1.80. The average molecular weight is 291 g/mol. The van der Waals surface area contributed by atoms with Crippen molar-refractivity contribution in [2.24, 2.45) is 0 Å². The minimum absolute atomic E-state index is 0.0142. The molecule has 0 saturated carbocycles. The van der Waals surface area contributed by atoms with E-state index < -0.39 is 5.97 Å². The van der Waals surface area contributed by atoms with Crippen molar-refractivity contribution in [2.75, 3.05) is 18.0 Å². The highest BCUT2D eigenvalue weighted by Gasteiger charge is 2.09. The zero-order valence-corrected chi connectivity index (χ0v) is 13.0. The van der Waals surface area contributed by atoms with Crippen LogP contribution in [0.3, 0.4) is 0 Å². The van der Waals surface area contributed by atoms with Gasteiger partial charge in [0.05, 0.1) is 0 Å². The van der Waals surface area contributed by atoms with Crippen LogP contribution in [0.25, 0.3) is 0 Å². The van der Waals surface area contributed by atoms with Crippen LogP contribution in [0.15, 0.2) is 24.3 Å². The lowest BCUT2D eigenvalue weighted by molar-refractivity contribution is -0.137. The van der Waals surface area contributed by atoms with Crippen molar-refractivity contribution in [1.29, 1.82) is 0 Å². The summed E-state index contributed by atoms with van der Waals surface area (Å²) in [6.07, 6.45) is 2.92. The van der Waals surface area contributed by atoms with E-state index in [-0.39, 0.29) is 12.2 Å². The topological polar surface area (TPSA) is 57.6 Å². The quantitative estimate of drug-likeness (QED) is 0.667. The Hall–Kier alpha value is -1.84. The summed E-state index contributed by atoms with van der Waals surface area (Å²) in [6.45, 7) is 6.34. The second-order valence-electron chi connectivity index (χ2n) is 5.20. The Morgan fingerprint density at radius 3 is 2.05 bits per heavy atom. The van der Waals surface area contributed by atoms with Gasteiger partial charge in [0.1, 0.15) is 0 Å². The average Bonchev–Trinajstić information content (AvgIpc) is 2.47. The SMILES string of the molecule is CCCN(CCC)c1ccc(C(=O)CCCC(=O)O)cc1. The van der Waals surface area contributed by atoms with Gasteiger partial charge in [-0.1, -0.05) is 13.8 Å². The zero-order valence-electron chi connectivity index (χ0n) is 13.0. The number of anilines is 1. The number of hydrogen-bond acceptors (Lipinski definition) is 3. The summed E-state index contributed by atoms with van der Waals surface area (Å²) in [4.78, 5) is 24.7. The highest BCUT2D eigenvalue weighted by Crippen LogP contribution is 2.17. The molecule has 1 rings (SSSR count). The van der Waals surface area contributed by atoms with E-state index in [4.69, 9.17) is 5.11 Å². The first kappa shape index (κ1) is 17.2. The first-order valence-corrected chi connectivity index (χ1v) is 7.68. The van der Waals surface area contributed by atoms with Crippen molar-refractivity contribution in [1.82, 2.24) is 0 Å². The molecule has 1 aromatic carbocycles. The van der Waals surface area contributed by atoms with Crippen molar-refractivity contribution >= 4 is 17.4 Å². The summed E-state index contributed by atoms with van der Waals surface area (Å²) in [5, 5.41) is 8.58. The van der Waals surface area contributed by atoms with Crippen LogP contribution in [-0.2, 0) is 4.79 Å². The molecule has 1 aromatic rings. The summed E-state index contributed by atoms with van der Waals surface area (Å²) in [5.74, 6) is -0.840. The van der Waals surface area contributed by atoms with Crippen molar-refractivity contribution in [3.05, 3.63) is 29.8 Å². The number of benzene rings is 1. The number of aliphatic carboxylic acids is 1. The number of carbonyl (C=O) groups excluding carboxylic acids is 1. The highest BCUT2D eigenvalue weighted by molar-refractivity contribution is 5.96. The van der Waals surface area contributed by atoms with E-state index in [0.29, 0.717) is 18.4 Å². The number of hydrogen-bond donors (Lipinski definition) is 1. The Kier molecular flexibility index (Phi) is 7.51. The summed E-state index contributed by atoms with van der Waals surface area (Å²) in [7, 11) is 0. The van der Waals surface area contributed by atoms with Crippen LogP contribution in [-0.4, -0.2) is 29.9 Å². The Bertz CT molecular complexity index is 448. The van der Waals surface area contributed by atoms with Crippen LogP contribution >= 0.6 is 0 Å². The van der Waals surface area contributed by atoms with Crippen molar-refractivity contribution in [2.45, 2.75) is 46.0 Å². The third-order valence-corrected chi connectivity index (χ3v) is 3.34. The van der Waals surface area contributed by atoms with Gasteiger partial charge in [0, 0.05) is 37.2 Å². The molecule has 0 radical (unpaired) electrons. The predicted molar refractivity (Wildman–Crippen MR) is 85.1 cm³/mol. The van der Waals surface area contributed by atoms with Crippen molar-refractivity contribution in [3.8, 4) is 0 Å². The van der Waals surface area contributed by atoms with Crippen LogP contribution in [0.1, 0.15) is 56.3 Å². The van der Waals surface area contributed by atoms with Gasteiger partial charge < -0.3 is 10.0 Å². The molecule has 0 aliphatic carbocycles. The number of Topliss-reactive ketones (excluding diaryl/α,β-unsaturated/α-hetero) is 1. The van der Waals surface area contributed by atoms with E-state index in [0.717, 1.165) is 31.6 Å². The second kappa shape index (κ2) is 9.16. The third kappa shape index (κ3) is 5.98. The molecule has 0 aliphatic heterocycles. The Morgan fingerprint density at radius 1 is 1.00 bits per heavy atom. The number of nitrogens with zero attached hydrogens (tertiary/aromatic N) is 1. The lowest BCUT2D eigenvalue weighted by Crippen LogP contribution is -2.24. The van der Waals surface area contributed by atoms with Gasteiger partial charge in [-0.05, 0) is 43.5 Å². The number of ketones is 1. The smallest absolute Gasteiger partial charge is 0.303 e. The molecule has 4 nitrogen and oxygen atoms in total. The molecule has 0 atom stereocenters. The monoisotopic (exact) mass is 291 g/mol. The lowest BCUT2D eigenvalue weighted by atomic mass is 10.0. The van der Waals surface area contributed by atoms with E-state index in [2.05, 4.69) is 18.7 Å². The summed E-state index contributed by atoms with van der Waals surface area (Å²) in [6, 6.07) is 7.65. The van der Waals surface area contributed by atoms with E-state index in [1.54, 1.807) is 0 Å². The molecule has 0 fully saturated rings. The third-order valence-electron chi connectivity index (χ3n) is 3.34. The molecule has 0 saturated heterocycles. The van der Waals surface area contributed by atoms with Crippen LogP contribution < -0.4 is 4.90 Å². The summed E-state index contributed by atoms with van der Waals surface area (Å²) >= 11 is 0. The van der Waals surface area contributed by atoms with Crippen molar-refractivity contribution in [3.63, 3.8) is 0 Å². The van der Waals surface area contributed by atoms with Gasteiger partial charge in [0.15, 0.2) is 5.78 Å². The molecule has 0 heterocycles. The molecule has 0 amide bonds. The molecule has 0 spiro atoms. The maximum absolute atomic E-state index is 12.0. The molecule has 4 heteroatoms. The maximum atomic E-state index is 12.0. The Labute approximate surface area is 126 Å². The number of carboxylic acids is 1. The van der Waals surface area contributed by atoms with Gasteiger partial charge in [-0.15, -0.1) is 0 Å². The summed E-state index contributed by atoms with van der Waals surface area (Å²) < 4.78 is 0. The Balaban J connectivity index is 2.63. The van der Waals surface area contributed by atoms with Crippen LogP contribution in [0.4, 0.5) is 5.69 Å². The molecule has 21 heavy (non-hydrogen) atoms. The van der Waals surface area contributed by atoms with Crippen LogP contribution in [0.2, 0.25) is 0 Å². The fourth-order valence-electron chi connectivity index (χ4n) is 2.31. The van der Waals surface area contributed by atoms with Gasteiger partial charge in [-0.3, -0.25) is 9.59 Å².